The molecule has 0 amide bonds. The van der Waals surface area contributed by atoms with Crippen molar-refractivity contribution in [3.05, 3.63) is 70.1 Å². The number of halogens is 2. The van der Waals surface area contributed by atoms with E-state index in [-0.39, 0.29) is 30.2 Å². The molecule has 0 spiro atoms. The van der Waals surface area contributed by atoms with Crippen LogP contribution in [0.2, 0.25) is 0 Å². The Hall–Kier alpha value is -3.15. The largest absolute Gasteiger partial charge is 0.507 e. The van der Waals surface area contributed by atoms with Crippen LogP contribution in [0.1, 0.15) is 47.3 Å². The molecule has 0 atom stereocenters. The number of carbonyl (C=O) groups is 1. The summed E-state index contributed by atoms with van der Waals surface area (Å²) in [6.07, 6.45) is 5.74. The molecule has 0 saturated heterocycles. The summed E-state index contributed by atoms with van der Waals surface area (Å²) in [5, 5.41) is 10.9. The van der Waals surface area contributed by atoms with Crippen molar-refractivity contribution in [2.75, 3.05) is 20.4 Å². The number of hydrogen-bond donors (Lipinski definition) is 1. The standard InChI is InChI=1S/C24H26F2O4/c1-16(2)5-12-20-21(30-14-4-13-25)15-18(22(23(20)27)24(28)29-3)9-6-17-7-10-19(26)11-8-17/h5-11,15,27H,4,12-14H2,1-3H3/b9-6+. The zero-order chi connectivity index (χ0) is 22.1. The zero-order valence-corrected chi connectivity index (χ0v) is 17.4. The Bertz CT molecular complexity index is 927. The predicted octanol–water partition coefficient (Wildman–Crippen LogP) is 5.74. The molecule has 0 fully saturated rings. The van der Waals surface area contributed by atoms with E-state index in [1.54, 1.807) is 30.4 Å². The molecule has 160 valence electrons. The van der Waals surface area contributed by atoms with Crippen molar-refractivity contribution in [1.82, 2.24) is 0 Å². The van der Waals surface area contributed by atoms with Crippen molar-refractivity contribution in [2.24, 2.45) is 0 Å². The average Bonchev–Trinajstić information content (AvgIpc) is 2.72. The molecule has 0 unspecified atom stereocenters. The third-order valence-corrected chi connectivity index (χ3v) is 4.36. The van der Waals surface area contributed by atoms with Crippen molar-refractivity contribution in [3.63, 3.8) is 0 Å². The highest BCUT2D eigenvalue weighted by atomic mass is 19.1. The molecule has 1 N–H and O–H groups in total. The van der Waals surface area contributed by atoms with Crippen LogP contribution in [-0.2, 0) is 11.2 Å². The van der Waals surface area contributed by atoms with E-state index in [2.05, 4.69) is 0 Å². The lowest BCUT2D eigenvalue weighted by atomic mass is 9.97. The molecule has 4 nitrogen and oxygen atoms in total. The number of hydrogen-bond acceptors (Lipinski definition) is 4. The Kier molecular flexibility index (Phi) is 8.59. The van der Waals surface area contributed by atoms with Gasteiger partial charge in [0, 0.05) is 12.0 Å². The second-order valence-electron chi connectivity index (χ2n) is 6.92. The number of ether oxygens (including phenoxy) is 2. The third kappa shape index (κ3) is 6.17. The van der Waals surface area contributed by atoms with Crippen molar-refractivity contribution in [2.45, 2.75) is 26.7 Å². The Morgan fingerprint density at radius 1 is 1.17 bits per heavy atom. The maximum atomic E-state index is 13.1. The molecular formula is C24H26F2O4. The van der Waals surface area contributed by atoms with Crippen LogP contribution < -0.4 is 4.74 Å². The van der Waals surface area contributed by atoms with Gasteiger partial charge in [-0.2, -0.15) is 0 Å². The fourth-order valence-electron chi connectivity index (χ4n) is 2.78. The fraction of sp³-hybridized carbons (Fsp3) is 0.292. The SMILES string of the molecule is COC(=O)c1c(/C=C/c2ccc(F)cc2)cc(OCCCF)c(CC=C(C)C)c1O. The number of phenolic OH excluding ortho intramolecular Hbond substituents is 1. The van der Waals surface area contributed by atoms with Gasteiger partial charge in [0.05, 0.1) is 20.4 Å². The number of phenols is 1. The average molecular weight is 416 g/mol. The highest BCUT2D eigenvalue weighted by Gasteiger charge is 2.23. The van der Waals surface area contributed by atoms with E-state index in [0.717, 1.165) is 5.57 Å². The van der Waals surface area contributed by atoms with Crippen LogP contribution >= 0.6 is 0 Å². The fourth-order valence-corrected chi connectivity index (χ4v) is 2.78. The maximum absolute atomic E-state index is 13.1. The van der Waals surface area contributed by atoms with E-state index in [0.29, 0.717) is 28.9 Å². The summed E-state index contributed by atoms with van der Waals surface area (Å²) >= 11 is 0. The smallest absolute Gasteiger partial charge is 0.342 e. The minimum atomic E-state index is -0.694. The maximum Gasteiger partial charge on any atom is 0.342 e. The van der Waals surface area contributed by atoms with Crippen LogP contribution in [0.3, 0.4) is 0 Å². The molecule has 0 aromatic heterocycles. The first-order valence-electron chi connectivity index (χ1n) is 9.60. The van der Waals surface area contributed by atoms with Gasteiger partial charge in [0.2, 0.25) is 0 Å². The number of allylic oxidation sites excluding steroid dienone is 2. The van der Waals surface area contributed by atoms with E-state index in [9.17, 15) is 18.7 Å². The van der Waals surface area contributed by atoms with Gasteiger partial charge in [-0.3, -0.25) is 4.39 Å². The van der Waals surface area contributed by atoms with Crippen molar-refractivity contribution < 1.29 is 28.2 Å². The van der Waals surface area contributed by atoms with Gasteiger partial charge in [0.25, 0.3) is 0 Å². The number of alkyl halides is 1. The Balaban J connectivity index is 2.57. The summed E-state index contributed by atoms with van der Waals surface area (Å²) in [5.74, 6) is -0.923. The lowest BCUT2D eigenvalue weighted by molar-refractivity contribution is 0.0597. The van der Waals surface area contributed by atoms with Crippen molar-refractivity contribution in [1.29, 1.82) is 0 Å². The minimum Gasteiger partial charge on any atom is -0.507 e. The van der Waals surface area contributed by atoms with Gasteiger partial charge in [-0.25, -0.2) is 9.18 Å². The van der Waals surface area contributed by atoms with Crippen molar-refractivity contribution in [3.8, 4) is 11.5 Å². The van der Waals surface area contributed by atoms with Crippen LogP contribution in [0.4, 0.5) is 8.78 Å². The Labute approximate surface area is 175 Å². The first-order valence-corrected chi connectivity index (χ1v) is 9.60. The van der Waals surface area contributed by atoms with Gasteiger partial charge in [-0.1, -0.05) is 35.9 Å². The molecular weight excluding hydrogens is 390 g/mol. The molecule has 0 aliphatic rings. The molecule has 0 saturated carbocycles. The highest BCUT2D eigenvalue weighted by Crippen LogP contribution is 2.37. The van der Waals surface area contributed by atoms with Gasteiger partial charge in [-0.05, 0) is 49.6 Å². The lowest BCUT2D eigenvalue weighted by Crippen LogP contribution is -2.09. The first-order chi connectivity index (χ1) is 14.4. The van der Waals surface area contributed by atoms with Gasteiger partial charge in [0.15, 0.2) is 0 Å². The number of methoxy groups -OCH3 is 1. The van der Waals surface area contributed by atoms with E-state index >= 15 is 0 Å². The molecule has 2 aromatic carbocycles. The molecule has 0 heterocycles. The molecule has 6 heteroatoms. The lowest BCUT2D eigenvalue weighted by Gasteiger charge is -2.17. The Morgan fingerprint density at radius 2 is 1.87 bits per heavy atom. The molecule has 2 aromatic rings. The van der Waals surface area contributed by atoms with E-state index in [4.69, 9.17) is 9.47 Å². The number of carbonyl (C=O) groups excluding carboxylic acids is 1. The van der Waals surface area contributed by atoms with Crippen LogP contribution in [0, 0.1) is 5.82 Å². The number of benzene rings is 2. The normalized spacial score (nSPS) is 10.8. The number of esters is 1. The Morgan fingerprint density at radius 3 is 2.47 bits per heavy atom. The summed E-state index contributed by atoms with van der Waals surface area (Å²) < 4.78 is 36.2. The van der Waals surface area contributed by atoms with Gasteiger partial charge >= 0.3 is 5.97 Å². The second-order valence-corrected chi connectivity index (χ2v) is 6.92. The van der Waals surface area contributed by atoms with Crippen LogP contribution in [0.25, 0.3) is 12.2 Å². The van der Waals surface area contributed by atoms with Crippen LogP contribution in [0.5, 0.6) is 11.5 Å². The third-order valence-electron chi connectivity index (χ3n) is 4.36. The molecule has 0 radical (unpaired) electrons. The highest BCUT2D eigenvalue weighted by molar-refractivity contribution is 5.98. The topological polar surface area (TPSA) is 55.8 Å². The summed E-state index contributed by atoms with van der Waals surface area (Å²) in [4.78, 5) is 12.4. The van der Waals surface area contributed by atoms with Crippen LogP contribution in [0.15, 0.2) is 42.0 Å². The predicted molar refractivity (Wildman–Crippen MR) is 114 cm³/mol. The van der Waals surface area contributed by atoms with Gasteiger partial charge < -0.3 is 14.6 Å². The monoisotopic (exact) mass is 416 g/mol. The summed E-state index contributed by atoms with van der Waals surface area (Å²) in [6, 6.07) is 7.45. The first kappa shape index (κ1) is 23.1. The number of aromatic hydroxyl groups is 1. The molecule has 0 bridgehead atoms. The summed E-state index contributed by atoms with van der Waals surface area (Å²) in [6.45, 7) is 3.45. The molecule has 2 rings (SSSR count). The van der Waals surface area contributed by atoms with E-state index in [1.165, 1.54) is 19.2 Å². The molecule has 0 aliphatic carbocycles. The van der Waals surface area contributed by atoms with Crippen molar-refractivity contribution >= 4 is 18.1 Å². The second kappa shape index (κ2) is 11.1. The molecule has 30 heavy (non-hydrogen) atoms. The van der Waals surface area contributed by atoms with Gasteiger partial charge in [0.1, 0.15) is 22.9 Å². The number of rotatable bonds is 9. The molecule has 0 aliphatic heterocycles. The zero-order valence-electron chi connectivity index (χ0n) is 17.4. The van der Waals surface area contributed by atoms with E-state index in [1.807, 2.05) is 19.9 Å². The summed E-state index contributed by atoms with van der Waals surface area (Å²) in [7, 11) is 1.23. The van der Waals surface area contributed by atoms with Crippen LogP contribution in [-0.4, -0.2) is 31.5 Å². The van der Waals surface area contributed by atoms with Gasteiger partial charge in [-0.15, -0.1) is 0 Å². The quantitative estimate of drug-likeness (QED) is 0.245. The van der Waals surface area contributed by atoms with E-state index < -0.39 is 12.6 Å². The minimum absolute atomic E-state index is 0.00543. The summed E-state index contributed by atoms with van der Waals surface area (Å²) in [5.41, 5.74) is 2.55.